The second-order valence-electron chi connectivity index (χ2n) is 2.92. The maximum Gasteiger partial charge on any atom is 0.371 e. The Balaban J connectivity index is 2.83. The number of carbonyl (C=O) groups excluding carboxylic acids is 1. The largest absolute Gasteiger partial charge is 0.475 e. The highest BCUT2D eigenvalue weighted by molar-refractivity contribution is 5.84. The fraction of sp³-hybridized carbons (Fsp3) is 0.333. The van der Waals surface area contributed by atoms with E-state index >= 15 is 0 Å². The molecule has 0 bridgehead atoms. The second-order valence-corrected chi connectivity index (χ2v) is 2.92. The van der Waals surface area contributed by atoms with E-state index in [4.69, 9.17) is 9.52 Å². The minimum atomic E-state index is -1.82. The lowest BCUT2D eigenvalue weighted by molar-refractivity contribution is -0.157. The van der Waals surface area contributed by atoms with Crippen molar-refractivity contribution in [2.75, 3.05) is 7.11 Å². The van der Waals surface area contributed by atoms with Crippen molar-refractivity contribution in [3.8, 4) is 0 Å². The number of aliphatic hydroxyl groups excluding tert-OH is 2. The first-order valence-electron chi connectivity index (χ1n) is 4.24. The molecule has 0 aliphatic heterocycles. The van der Waals surface area contributed by atoms with E-state index in [1.165, 1.54) is 0 Å². The number of hydrogen-bond donors (Lipinski definition) is 3. The van der Waals surface area contributed by atoms with E-state index < -0.39 is 29.9 Å². The van der Waals surface area contributed by atoms with Crippen molar-refractivity contribution < 1.29 is 34.1 Å². The third kappa shape index (κ3) is 2.38. The Hall–Kier alpha value is -1.86. The molecule has 0 aromatic carbocycles. The van der Waals surface area contributed by atoms with Crippen molar-refractivity contribution in [3.05, 3.63) is 23.7 Å². The number of carbonyl (C=O) groups is 2. The number of rotatable bonds is 4. The third-order valence-corrected chi connectivity index (χ3v) is 1.87. The Morgan fingerprint density at radius 2 is 2.00 bits per heavy atom. The van der Waals surface area contributed by atoms with Crippen LogP contribution in [0.3, 0.4) is 0 Å². The summed E-state index contributed by atoms with van der Waals surface area (Å²) in [5.41, 5.74) is 0. The molecule has 0 aliphatic carbocycles. The van der Waals surface area contributed by atoms with Crippen molar-refractivity contribution in [1.82, 2.24) is 0 Å². The van der Waals surface area contributed by atoms with Gasteiger partial charge in [0, 0.05) is 0 Å². The van der Waals surface area contributed by atoms with Gasteiger partial charge in [-0.3, -0.25) is 0 Å². The first kappa shape index (κ1) is 12.2. The van der Waals surface area contributed by atoms with Gasteiger partial charge in [0.2, 0.25) is 5.76 Å². The standard InChI is InChI=1S/C9H10O7/c1-15-9(14)7(11)6(10)4-2-3-5(16-4)8(12)13/h2-3,6-7,10-11H,1H3,(H,12,13). The predicted molar refractivity (Wildman–Crippen MR) is 48.6 cm³/mol. The average Bonchev–Trinajstić information content (AvgIpc) is 2.75. The summed E-state index contributed by atoms with van der Waals surface area (Å²) in [5.74, 6) is -2.98. The van der Waals surface area contributed by atoms with Gasteiger partial charge in [-0.15, -0.1) is 0 Å². The molecule has 2 atom stereocenters. The zero-order valence-corrected chi connectivity index (χ0v) is 8.28. The smallest absolute Gasteiger partial charge is 0.371 e. The lowest BCUT2D eigenvalue weighted by Gasteiger charge is -2.12. The number of carboxylic acid groups (broad SMARTS) is 1. The molecule has 0 aliphatic rings. The summed E-state index contributed by atoms with van der Waals surface area (Å²) >= 11 is 0. The molecule has 0 spiro atoms. The zero-order chi connectivity index (χ0) is 12.3. The van der Waals surface area contributed by atoms with E-state index in [1.807, 2.05) is 0 Å². The van der Waals surface area contributed by atoms with Crippen molar-refractivity contribution in [2.45, 2.75) is 12.2 Å². The summed E-state index contributed by atoms with van der Waals surface area (Å²) in [4.78, 5) is 21.3. The molecule has 7 heteroatoms. The van der Waals surface area contributed by atoms with Crippen LogP contribution < -0.4 is 0 Å². The van der Waals surface area contributed by atoms with Gasteiger partial charge in [-0.05, 0) is 12.1 Å². The average molecular weight is 230 g/mol. The van der Waals surface area contributed by atoms with E-state index in [9.17, 15) is 19.8 Å². The fourth-order valence-electron chi connectivity index (χ4n) is 1.03. The highest BCUT2D eigenvalue weighted by Gasteiger charge is 2.29. The van der Waals surface area contributed by atoms with Gasteiger partial charge in [0.05, 0.1) is 7.11 Å². The Kier molecular flexibility index (Phi) is 3.64. The number of esters is 1. The summed E-state index contributed by atoms with van der Waals surface area (Å²) in [6.45, 7) is 0. The SMILES string of the molecule is COC(=O)C(O)C(O)c1ccc(C(=O)O)o1. The minimum Gasteiger partial charge on any atom is -0.475 e. The molecule has 1 heterocycles. The molecule has 3 N–H and O–H groups in total. The number of hydrogen-bond acceptors (Lipinski definition) is 6. The van der Waals surface area contributed by atoms with Crippen LogP contribution in [0.15, 0.2) is 16.5 Å². The number of furan rings is 1. The maximum absolute atomic E-state index is 10.9. The van der Waals surface area contributed by atoms with Gasteiger partial charge in [-0.25, -0.2) is 9.59 Å². The molecule has 1 rings (SSSR count). The number of carboxylic acids is 1. The molecule has 0 saturated heterocycles. The molecule has 1 aromatic heterocycles. The van der Waals surface area contributed by atoms with Crippen LogP contribution in [0.5, 0.6) is 0 Å². The van der Waals surface area contributed by atoms with E-state index in [-0.39, 0.29) is 5.76 Å². The molecular weight excluding hydrogens is 220 g/mol. The maximum atomic E-state index is 10.9. The first-order chi connectivity index (χ1) is 7.47. The lowest BCUT2D eigenvalue weighted by atomic mass is 10.1. The Bertz CT molecular complexity index is 394. The van der Waals surface area contributed by atoms with Gasteiger partial charge < -0.3 is 24.5 Å². The molecule has 0 amide bonds. The normalized spacial score (nSPS) is 14.2. The van der Waals surface area contributed by atoms with Crippen molar-refractivity contribution >= 4 is 11.9 Å². The number of ether oxygens (including phenoxy) is 1. The Morgan fingerprint density at radius 1 is 1.38 bits per heavy atom. The van der Waals surface area contributed by atoms with E-state index in [1.54, 1.807) is 0 Å². The number of aliphatic hydroxyl groups is 2. The van der Waals surface area contributed by atoms with E-state index in [2.05, 4.69) is 4.74 Å². The van der Waals surface area contributed by atoms with Gasteiger partial charge >= 0.3 is 11.9 Å². The van der Waals surface area contributed by atoms with Crippen molar-refractivity contribution in [3.63, 3.8) is 0 Å². The molecule has 0 radical (unpaired) electrons. The molecule has 88 valence electrons. The molecule has 0 saturated carbocycles. The molecule has 1 aromatic rings. The van der Waals surface area contributed by atoms with Gasteiger partial charge in [-0.2, -0.15) is 0 Å². The molecule has 2 unspecified atom stereocenters. The minimum absolute atomic E-state index is 0.227. The van der Waals surface area contributed by atoms with Crippen LogP contribution in [0.2, 0.25) is 0 Å². The summed E-state index contributed by atoms with van der Waals surface area (Å²) in [6.07, 6.45) is -3.49. The monoisotopic (exact) mass is 230 g/mol. The van der Waals surface area contributed by atoms with Gasteiger partial charge in [0.25, 0.3) is 0 Å². The second kappa shape index (κ2) is 4.77. The Morgan fingerprint density at radius 3 is 2.44 bits per heavy atom. The number of methoxy groups -OCH3 is 1. The highest BCUT2D eigenvalue weighted by Crippen LogP contribution is 2.20. The summed E-state index contributed by atoms with van der Waals surface area (Å²) in [7, 11) is 1.04. The lowest BCUT2D eigenvalue weighted by Crippen LogP contribution is -2.28. The quantitative estimate of drug-likeness (QED) is 0.599. The van der Waals surface area contributed by atoms with Crippen LogP contribution in [0, 0.1) is 0 Å². The van der Waals surface area contributed by atoms with Crippen molar-refractivity contribution in [1.29, 1.82) is 0 Å². The van der Waals surface area contributed by atoms with Crippen LogP contribution >= 0.6 is 0 Å². The molecular formula is C9H10O7. The zero-order valence-electron chi connectivity index (χ0n) is 8.28. The van der Waals surface area contributed by atoms with Gasteiger partial charge in [0.15, 0.2) is 6.10 Å². The molecule has 16 heavy (non-hydrogen) atoms. The highest BCUT2D eigenvalue weighted by atomic mass is 16.5. The predicted octanol–water partition coefficient (Wildman–Crippen LogP) is -0.455. The van der Waals surface area contributed by atoms with Gasteiger partial charge in [-0.1, -0.05) is 0 Å². The van der Waals surface area contributed by atoms with Crippen LogP contribution in [0.25, 0.3) is 0 Å². The fourth-order valence-corrected chi connectivity index (χ4v) is 1.03. The van der Waals surface area contributed by atoms with Crippen LogP contribution in [0.1, 0.15) is 22.4 Å². The first-order valence-corrected chi connectivity index (χ1v) is 4.24. The van der Waals surface area contributed by atoms with Gasteiger partial charge in [0.1, 0.15) is 11.9 Å². The van der Waals surface area contributed by atoms with Crippen molar-refractivity contribution in [2.24, 2.45) is 0 Å². The summed E-state index contributed by atoms with van der Waals surface area (Å²) in [6, 6.07) is 2.26. The summed E-state index contributed by atoms with van der Waals surface area (Å²) in [5, 5.41) is 27.2. The third-order valence-electron chi connectivity index (χ3n) is 1.87. The van der Waals surface area contributed by atoms with Crippen LogP contribution in [-0.4, -0.2) is 40.5 Å². The molecule has 7 nitrogen and oxygen atoms in total. The van der Waals surface area contributed by atoms with Crippen LogP contribution in [-0.2, 0) is 9.53 Å². The van der Waals surface area contributed by atoms with Crippen LogP contribution in [0.4, 0.5) is 0 Å². The molecule has 0 fully saturated rings. The van der Waals surface area contributed by atoms with E-state index in [0.29, 0.717) is 0 Å². The Labute approximate surface area is 89.9 Å². The topological polar surface area (TPSA) is 117 Å². The summed E-state index contributed by atoms with van der Waals surface area (Å²) < 4.78 is 8.91. The number of aromatic carboxylic acids is 1. The van der Waals surface area contributed by atoms with E-state index in [0.717, 1.165) is 19.2 Å².